The second kappa shape index (κ2) is 8.92. The average Bonchev–Trinajstić information content (AvgIpc) is 3.39. The highest BCUT2D eigenvalue weighted by Gasteiger charge is 2.47. The van der Waals surface area contributed by atoms with Crippen molar-refractivity contribution in [2.45, 2.75) is 60.9 Å². The number of aliphatic hydroxyl groups excluding tert-OH is 1. The Morgan fingerprint density at radius 2 is 2.11 bits per heavy atom. The number of fused-ring (bicyclic) bond motifs is 3. The van der Waals surface area contributed by atoms with E-state index in [0.717, 1.165) is 72.8 Å². The van der Waals surface area contributed by atoms with E-state index < -0.39 is 0 Å². The summed E-state index contributed by atoms with van der Waals surface area (Å²) in [5.74, 6) is 2.40. The molecule has 6 heterocycles. The van der Waals surface area contributed by atoms with Crippen LogP contribution in [0.3, 0.4) is 0 Å². The summed E-state index contributed by atoms with van der Waals surface area (Å²) in [6.07, 6.45) is 6.54. The molecule has 0 saturated carbocycles. The first kappa shape index (κ1) is 23.0. The number of hydrogen-bond acceptors (Lipinski definition) is 10. The summed E-state index contributed by atoms with van der Waals surface area (Å²) in [5.41, 5.74) is 8.31. The number of rotatable bonds is 4. The van der Waals surface area contributed by atoms with E-state index in [1.54, 1.807) is 6.20 Å². The lowest BCUT2D eigenvalue weighted by atomic mass is 9.73. The Bertz CT molecular complexity index is 1140. The maximum Gasteiger partial charge on any atom is 0.175 e. The lowest BCUT2D eigenvalue weighted by Gasteiger charge is -2.41. The van der Waals surface area contributed by atoms with Gasteiger partial charge < -0.3 is 30.1 Å². The molecule has 3 fully saturated rings. The van der Waals surface area contributed by atoms with Crippen molar-refractivity contribution in [1.82, 2.24) is 15.0 Å². The Morgan fingerprint density at radius 1 is 1.29 bits per heavy atom. The quantitative estimate of drug-likeness (QED) is 0.612. The average molecular weight is 497 g/mol. The number of piperidine rings is 1. The number of ether oxygens (including phenoxy) is 2. The molecular formula is C25H32N6O3S. The minimum atomic E-state index is -0.166. The third-order valence-electron chi connectivity index (χ3n) is 7.97. The van der Waals surface area contributed by atoms with E-state index in [0.29, 0.717) is 18.3 Å². The number of aliphatic hydroxyl groups is 1. The van der Waals surface area contributed by atoms with E-state index in [4.69, 9.17) is 25.2 Å². The van der Waals surface area contributed by atoms with Gasteiger partial charge in [0.1, 0.15) is 17.3 Å². The molecule has 186 valence electrons. The van der Waals surface area contributed by atoms with E-state index in [2.05, 4.69) is 28.3 Å². The van der Waals surface area contributed by atoms with E-state index in [9.17, 15) is 5.11 Å². The Morgan fingerprint density at radius 3 is 2.86 bits per heavy atom. The standard InChI is InChI=1S/C25H32N6O3S/c1-15-9-17-13-33-21-19(3-6-27-24(21)31(17)11-15)35-20-10-28-23(18(12-32)29-20)30-7-4-25(5-8-30)14-34-16(2)22(25)26/h3,6,10,16-17,22,32H,1,4-5,7-9,11-14,26H2,2H3/t16-,17?,22+/m0/s1. The fraction of sp³-hybridized carbons (Fsp3) is 0.560. The first-order valence-electron chi connectivity index (χ1n) is 12.3. The molecular weight excluding hydrogens is 464 g/mol. The molecule has 0 bridgehead atoms. The molecule has 2 aromatic rings. The Balaban J connectivity index is 1.20. The SMILES string of the molecule is C=C1CC2COc3c(Sc4cnc(N5CCC6(CC5)CO[C@@H](C)[C@H]6N)c(CO)n4)ccnc3N2C1. The minimum Gasteiger partial charge on any atom is -0.486 e. The predicted octanol–water partition coefficient (Wildman–Crippen LogP) is 2.38. The molecule has 3 atom stereocenters. The van der Waals surface area contributed by atoms with Crippen molar-refractivity contribution >= 4 is 23.4 Å². The molecule has 0 amide bonds. The topological polar surface area (TPSA) is 110 Å². The van der Waals surface area contributed by atoms with Gasteiger partial charge in [0.2, 0.25) is 0 Å². The molecule has 10 heteroatoms. The number of pyridine rings is 1. The van der Waals surface area contributed by atoms with Crippen LogP contribution in [0.25, 0.3) is 0 Å². The van der Waals surface area contributed by atoms with Gasteiger partial charge in [-0.15, -0.1) is 0 Å². The van der Waals surface area contributed by atoms with E-state index >= 15 is 0 Å². The van der Waals surface area contributed by atoms with Crippen molar-refractivity contribution in [1.29, 1.82) is 0 Å². The minimum absolute atomic E-state index is 0.0413. The molecule has 4 aliphatic heterocycles. The summed E-state index contributed by atoms with van der Waals surface area (Å²) < 4.78 is 12.0. The Kier molecular flexibility index (Phi) is 5.87. The summed E-state index contributed by atoms with van der Waals surface area (Å²) in [6, 6.07) is 2.32. The van der Waals surface area contributed by atoms with Crippen LogP contribution in [-0.4, -0.2) is 71.1 Å². The summed E-state index contributed by atoms with van der Waals surface area (Å²) in [5, 5.41) is 10.8. The van der Waals surface area contributed by atoms with Crippen LogP contribution < -0.4 is 20.3 Å². The maximum absolute atomic E-state index is 10.1. The van der Waals surface area contributed by atoms with Crippen molar-refractivity contribution in [3.63, 3.8) is 0 Å². The van der Waals surface area contributed by atoms with Gasteiger partial charge in [-0.2, -0.15) is 0 Å². The van der Waals surface area contributed by atoms with Crippen LogP contribution in [0.5, 0.6) is 5.75 Å². The molecule has 3 saturated heterocycles. The van der Waals surface area contributed by atoms with E-state index in [-0.39, 0.29) is 24.2 Å². The predicted molar refractivity (Wildman–Crippen MR) is 134 cm³/mol. The van der Waals surface area contributed by atoms with Crippen LogP contribution in [-0.2, 0) is 11.3 Å². The highest BCUT2D eigenvalue weighted by Crippen LogP contribution is 2.45. The second-order valence-corrected chi connectivity index (χ2v) is 11.2. The monoisotopic (exact) mass is 496 g/mol. The van der Waals surface area contributed by atoms with Gasteiger partial charge in [0.25, 0.3) is 0 Å². The van der Waals surface area contributed by atoms with E-state index in [1.807, 2.05) is 12.3 Å². The van der Waals surface area contributed by atoms with Gasteiger partial charge in [0.15, 0.2) is 17.4 Å². The highest BCUT2D eigenvalue weighted by atomic mass is 32.2. The number of nitrogens with two attached hydrogens (primary N) is 1. The molecule has 0 aliphatic carbocycles. The van der Waals surface area contributed by atoms with E-state index in [1.165, 1.54) is 17.3 Å². The van der Waals surface area contributed by atoms with Gasteiger partial charge in [-0.3, -0.25) is 0 Å². The molecule has 2 aromatic heterocycles. The molecule has 9 nitrogen and oxygen atoms in total. The van der Waals surface area contributed by atoms with Gasteiger partial charge in [0.05, 0.1) is 36.5 Å². The smallest absolute Gasteiger partial charge is 0.175 e. The Labute approximate surface area is 209 Å². The number of hydrogen-bond donors (Lipinski definition) is 2. The van der Waals surface area contributed by atoms with Gasteiger partial charge >= 0.3 is 0 Å². The molecule has 0 aromatic carbocycles. The second-order valence-electron chi connectivity index (χ2n) is 10.1. The van der Waals surface area contributed by atoms with Crippen molar-refractivity contribution in [3.8, 4) is 5.75 Å². The number of aromatic nitrogens is 3. The first-order valence-corrected chi connectivity index (χ1v) is 13.1. The summed E-state index contributed by atoms with van der Waals surface area (Å²) in [6.45, 7) is 9.86. The summed E-state index contributed by atoms with van der Waals surface area (Å²) >= 11 is 1.49. The lowest BCUT2D eigenvalue weighted by molar-refractivity contribution is 0.0973. The molecule has 6 rings (SSSR count). The summed E-state index contributed by atoms with van der Waals surface area (Å²) in [7, 11) is 0. The molecule has 35 heavy (non-hydrogen) atoms. The summed E-state index contributed by atoms with van der Waals surface area (Å²) in [4.78, 5) is 19.5. The molecule has 3 N–H and O–H groups in total. The third-order valence-corrected chi connectivity index (χ3v) is 8.92. The van der Waals surface area contributed by atoms with Gasteiger partial charge in [0, 0.05) is 37.3 Å². The zero-order valence-electron chi connectivity index (χ0n) is 20.0. The zero-order valence-corrected chi connectivity index (χ0v) is 20.8. The van der Waals surface area contributed by atoms with Crippen LogP contribution in [0, 0.1) is 5.41 Å². The molecule has 4 aliphatic rings. The van der Waals surface area contributed by atoms with Crippen molar-refractivity contribution in [2.24, 2.45) is 11.1 Å². The Hall–Kier alpha value is -2.40. The number of nitrogens with zero attached hydrogens (tertiary/aromatic N) is 5. The van der Waals surface area contributed by atoms with Crippen LogP contribution in [0.2, 0.25) is 0 Å². The van der Waals surface area contributed by atoms with Crippen LogP contribution in [0.15, 0.2) is 40.5 Å². The maximum atomic E-state index is 10.1. The van der Waals surface area contributed by atoms with Crippen molar-refractivity contribution in [3.05, 3.63) is 36.3 Å². The highest BCUT2D eigenvalue weighted by molar-refractivity contribution is 7.99. The van der Waals surface area contributed by atoms with Crippen molar-refractivity contribution in [2.75, 3.05) is 42.6 Å². The first-order chi connectivity index (χ1) is 17.0. The van der Waals surface area contributed by atoms with Crippen molar-refractivity contribution < 1.29 is 14.6 Å². The largest absolute Gasteiger partial charge is 0.486 e. The van der Waals surface area contributed by atoms with Gasteiger partial charge in [-0.05, 0) is 32.3 Å². The van der Waals surface area contributed by atoms with Crippen LogP contribution >= 0.6 is 11.8 Å². The normalized spacial score (nSPS) is 27.2. The van der Waals surface area contributed by atoms with Gasteiger partial charge in [-0.1, -0.05) is 23.9 Å². The fourth-order valence-corrected chi connectivity index (χ4v) is 6.72. The molecule has 0 radical (unpaired) electrons. The number of anilines is 2. The van der Waals surface area contributed by atoms with Gasteiger partial charge in [-0.25, -0.2) is 15.0 Å². The zero-order chi connectivity index (χ0) is 24.2. The molecule has 1 unspecified atom stereocenters. The van der Waals surface area contributed by atoms with Crippen LogP contribution in [0.4, 0.5) is 11.6 Å². The lowest BCUT2D eigenvalue weighted by Crippen LogP contribution is -2.51. The fourth-order valence-electron chi connectivity index (χ4n) is 5.87. The molecule has 1 spiro atoms. The third kappa shape index (κ3) is 3.96. The van der Waals surface area contributed by atoms with Crippen LogP contribution in [0.1, 0.15) is 31.9 Å².